The van der Waals surface area contributed by atoms with Gasteiger partial charge in [0.2, 0.25) is 5.91 Å². The highest BCUT2D eigenvalue weighted by Gasteiger charge is 2.15. The highest BCUT2D eigenvalue weighted by molar-refractivity contribution is 5.96. The first-order chi connectivity index (χ1) is 11.9. The molecule has 0 radical (unpaired) electrons. The lowest BCUT2D eigenvalue weighted by Gasteiger charge is -2.15. The van der Waals surface area contributed by atoms with Crippen molar-refractivity contribution in [3.8, 4) is 0 Å². The van der Waals surface area contributed by atoms with Crippen LogP contribution in [-0.2, 0) is 11.2 Å². The minimum atomic E-state index is -0.970. The molecule has 0 spiro atoms. The number of hydrogen-bond donors (Lipinski definition) is 2. The van der Waals surface area contributed by atoms with E-state index >= 15 is 0 Å². The van der Waals surface area contributed by atoms with E-state index in [2.05, 4.69) is 17.6 Å². The SMILES string of the molecule is CCc1ccc(C(C)NC(=O)CNC(=O)c2ccc(F)cc2F)cc1. The summed E-state index contributed by atoms with van der Waals surface area (Å²) in [5, 5.41) is 5.08. The first-order valence-corrected chi connectivity index (χ1v) is 8.02. The second kappa shape index (κ2) is 8.37. The van der Waals surface area contributed by atoms with Crippen molar-refractivity contribution in [2.45, 2.75) is 26.3 Å². The second-order valence-electron chi connectivity index (χ2n) is 5.69. The Labute approximate surface area is 145 Å². The first-order valence-electron chi connectivity index (χ1n) is 8.02. The van der Waals surface area contributed by atoms with Gasteiger partial charge in [0.15, 0.2) is 0 Å². The molecule has 0 fully saturated rings. The summed E-state index contributed by atoms with van der Waals surface area (Å²) in [6.45, 7) is 3.60. The summed E-state index contributed by atoms with van der Waals surface area (Å²) >= 11 is 0. The van der Waals surface area contributed by atoms with Crippen molar-refractivity contribution in [3.63, 3.8) is 0 Å². The summed E-state index contributed by atoms with van der Waals surface area (Å²) in [6, 6.07) is 10.3. The zero-order chi connectivity index (χ0) is 18.4. The minimum absolute atomic E-state index is 0.224. The summed E-state index contributed by atoms with van der Waals surface area (Å²) in [6.07, 6.45) is 0.937. The number of carbonyl (C=O) groups is 2. The fourth-order valence-corrected chi connectivity index (χ4v) is 2.35. The molecule has 0 heterocycles. The molecule has 6 heteroatoms. The average molecular weight is 346 g/mol. The van der Waals surface area contributed by atoms with Gasteiger partial charge in [0.05, 0.1) is 18.2 Å². The maximum atomic E-state index is 13.5. The molecule has 0 aliphatic carbocycles. The first kappa shape index (κ1) is 18.6. The maximum absolute atomic E-state index is 13.5. The van der Waals surface area contributed by atoms with Crippen LogP contribution in [0.5, 0.6) is 0 Å². The number of carbonyl (C=O) groups excluding carboxylic acids is 2. The van der Waals surface area contributed by atoms with Gasteiger partial charge in [0.25, 0.3) is 5.91 Å². The Kier molecular flexibility index (Phi) is 6.22. The van der Waals surface area contributed by atoms with Gasteiger partial charge >= 0.3 is 0 Å². The van der Waals surface area contributed by atoms with Crippen molar-refractivity contribution >= 4 is 11.8 Å². The van der Waals surface area contributed by atoms with Gasteiger partial charge in [0, 0.05) is 6.07 Å². The topological polar surface area (TPSA) is 58.2 Å². The molecule has 25 heavy (non-hydrogen) atoms. The zero-order valence-electron chi connectivity index (χ0n) is 14.1. The van der Waals surface area contributed by atoms with Crippen LogP contribution in [0.4, 0.5) is 8.78 Å². The average Bonchev–Trinajstić information content (AvgIpc) is 2.59. The van der Waals surface area contributed by atoms with Gasteiger partial charge in [-0.1, -0.05) is 31.2 Å². The smallest absolute Gasteiger partial charge is 0.254 e. The number of amides is 2. The Bertz CT molecular complexity index is 761. The van der Waals surface area contributed by atoms with Crippen LogP contribution in [0.2, 0.25) is 0 Å². The van der Waals surface area contributed by atoms with Gasteiger partial charge in [-0.2, -0.15) is 0 Å². The third-order valence-electron chi connectivity index (χ3n) is 3.85. The Balaban J connectivity index is 1.87. The summed E-state index contributed by atoms with van der Waals surface area (Å²) in [4.78, 5) is 23.8. The van der Waals surface area contributed by atoms with Gasteiger partial charge in [-0.15, -0.1) is 0 Å². The van der Waals surface area contributed by atoms with E-state index in [1.807, 2.05) is 31.2 Å². The lowest BCUT2D eigenvalue weighted by molar-refractivity contribution is -0.120. The van der Waals surface area contributed by atoms with Crippen LogP contribution in [0.3, 0.4) is 0 Å². The predicted octanol–water partition coefficient (Wildman–Crippen LogP) is 3.13. The van der Waals surface area contributed by atoms with Crippen molar-refractivity contribution in [3.05, 3.63) is 70.8 Å². The Morgan fingerprint density at radius 1 is 1.08 bits per heavy atom. The largest absolute Gasteiger partial charge is 0.348 e. The van der Waals surface area contributed by atoms with E-state index in [4.69, 9.17) is 0 Å². The molecule has 2 amide bonds. The van der Waals surface area contributed by atoms with E-state index in [1.54, 1.807) is 0 Å². The molecule has 132 valence electrons. The third-order valence-corrected chi connectivity index (χ3v) is 3.85. The van der Waals surface area contributed by atoms with Crippen LogP contribution in [0.1, 0.15) is 41.4 Å². The van der Waals surface area contributed by atoms with E-state index in [0.717, 1.165) is 24.1 Å². The van der Waals surface area contributed by atoms with Crippen LogP contribution < -0.4 is 10.6 Å². The van der Waals surface area contributed by atoms with Gasteiger partial charge in [-0.05, 0) is 36.6 Å². The molecule has 2 N–H and O–H groups in total. The van der Waals surface area contributed by atoms with Crippen molar-refractivity contribution in [2.24, 2.45) is 0 Å². The Hall–Kier alpha value is -2.76. The fraction of sp³-hybridized carbons (Fsp3) is 0.263. The Morgan fingerprint density at radius 2 is 1.76 bits per heavy atom. The van der Waals surface area contributed by atoms with Gasteiger partial charge < -0.3 is 10.6 Å². The molecule has 0 aromatic heterocycles. The minimum Gasteiger partial charge on any atom is -0.348 e. The van der Waals surface area contributed by atoms with E-state index < -0.39 is 23.4 Å². The lowest BCUT2D eigenvalue weighted by atomic mass is 10.1. The molecular formula is C19H20F2N2O2. The second-order valence-corrected chi connectivity index (χ2v) is 5.69. The zero-order valence-corrected chi connectivity index (χ0v) is 14.1. The van der Waals surface area contributed by atoms with Crippen LogP contribution in [-0.4, -0.2) is 18.4 Å². The monoisotopic (exact) mass is 346 g/mol. The number of nitrogens with one attached hydrogen (secondary N) is 2. The summed E-state index contributed by atoms with van der Waals surface area (Å²) < 4.78 is 26.4. The maximum Gasteiger partial charge on any atom is 0.254 e. The van der Waals surface area contributed by atoms with E-state index in [9.17, 15) is 18.4 Å². The molecule has 1 atom stereocenters. The molecule has 2 aromatic carbocycles. The van der Waals surface area contributed by atoms with Crippen molar-refractivity contribution in [2.75, 3.05) is 6.54 Å². The molecule has 4 nitrogen and oxygen atoms in total. The van der Waals surface area contributed by atoms with E-state index in [1.165, 1.54) is 5.56 Å². The van der Waals surface area contributed by atoms with Gasteiger partial charge in [-0.25, -0.2) is 8.78 Å². The van der Waals surface area contributed by atoms with E-state index in [0.29, 0.717) is 6.07 Å². The molecule has 0 saturated heterocycles. The van der Waals surface area contributed by atoms with Crippen molar-refractivity contribution in [1.82, 2.24) is 10.6 Å². The van der Waals surface area contributed by atoms with Crippen LogP contribution in [0, 0.1) is 11.6 Å². The summed E-state index contributed by atoms with van der Waals surface area (Å²) in [7, 11) is 0. The normalized spacial score (nSPS) is 11.7. The number of halogens is 2. The number of benzene rings is 2. The van der Waals surface area contributed by atoms with Crippen LogP contribution in [0.15, 0.2) is 42.5 Å². The highest BCUT2D eigenvalue weighted by Crippen LogP contribution is 2.13. The van der Waals surface area contributed by atoms with Crippen molar-refractivity contribution < 1.29 is 18.4 Å². The highest BCUT2D eigenvalue weighted by atomic mass is 19.1. The standard InChI is InChI=1S/C19H20F2N2O2/c1-3-13-4-6-14(7-5-13)12(2)23-18(24)11-22-19(25)16-9-8-15(20)10-17(16)21/h4-10,12H,3,11H2,1-2H3,(H,22,25)(H,23,24). The molecular weight excluding hydrogens is 326 g/mol. The molecule has 1 unspecified atom stereocenters. The molecule has 0 saturated carbocycles. The van der Waals surface area contributed by atoms with E-state index in [-0.39, 0.29) is 18.2 Å². The Morgan fingerprint density at radius 3 is 2.36 bits per heavy atom. The number of rotatable bonds is 6. The van der Waals surface area contributed by atoms with Gasteiger partial charge in [-0.3, -0.25) is 9.59 Å². The molecule has 2 rings (SSSR count). The van der Waals surface area contributed by atoms with Crippen molar-refractivity contribution in [1.29, 1.82) is 0 Å². The molecule has 0 bridgehead atoms. The quantitative estimate of drug-likeness (QED) is 0.844. The third kappa shape index (κ3) is 5.11. The van der Waals surface area contributed by atoms with Gasteiger partial charge in [0.1, 0.15) is 11.6 Å². The lowest BCUT2D eigenvalue weighted by Crippen LogP contribution is -2.38. The fourth-order valence-electron chi connectivity index (χ4n) is 2.35. The molecule has 0 aliphatic rings. The summed E-state index contributed by atoms with van der Waals surface area (Å²) in [5.74, 6) is -2.91. The number of aryl methyl sites for hydroxylation is 1. The summed E-state index contributed by atoms with van der Waals surface area (Å²) in [5.41, 5.74) is 1.84. The van der Waals surface area contributed by atoms with Crippen LogP contribution >= 0.6 is 0 Å². The number of hydrogen-bond acceptors (Lipinski definition) is 2. The van der Waals surface area contributed by atoms with Crippen LogP contribution in [0.25, 0.3) is 0 Å². The molecule has 2 aromatic rings. The molecule has 0 aliphatic heterocycles. The predicted molar refractivity (Wildman–Crippen MR) is 91.1 cm³/mol.